The van der Waals surface area contributed by atoms with Crippen molar-refractivity contribution in [3.63, 3.8) is 0 Å². The van der Waals surface area contributed by atoms with E-state index in [2.05, 4.69) is 19.9 Å². The third kappa shape index (κ3) is 3.96. The monoisotopic (exact) mass is 418 g/mol. The first-order valence-electron chi connectivity index (χ1n) is 10.1. The zero-order valence-corrected chi connectivity index (χ0v) is 16.8. The Labute approximate surface area is 178 Å². The van der Waals surface area contributed by atoms with Gasteiger partial charge in [0.15, 0.2) is 0 Å². The number of halogens is 2. The quantitative estimate of drug-likeness (QED) is 0.492. The van der Waals surface area contributed by atoms with E-state index in [1.807, 2.05) is 24.3 Å². The summed E-state index contributed by atoms with van der Waals surface area (Å²) in [6.45, 7) is 3.00. The largest absolute Gasteiger partial charge is 0.378 e. The van der Waals surface area contributed by atoms with Crippen LogP contribution in [0.15, 0.2) is 61.2 Å². The zero-order chi connectivity index (χ0) is 21.2. The minimum atomic E-state index is -0.648. The van der Waals surface area contributed by atoms with Crippen LogP contribution in [0.2, 0.25) is 0 Å². The third-order valence-corrected chi connectivity index (χ3v) is 5.50. The van der Waals surface area contributed by atoms with Gasteiger partial charge in [0.25, 0.3) is 0 Å². The molecule has 0 saturated carbocycles. The lowest BCUT2D eigenvalue weighted by atomic mass is 9.99. The molecule has 1 fully saturated rings. The zero-order valence-electron chi connectivity index (χ0n) is 16.8. The van der Waals surface area contributed by atoms with E-state index in [9.17, 15) is 8.78 Å². The van der Waals surface area contributed by atoms with Crippen LogP contribution in [0.25, 0.3) is 22.2 Å². The molecule has 2 aromatic carbocycles. The van der Waals surface area contributed by atoms with Crippen molar-refractivity contribution in [1.29, 1.82) is 0 Å². The van der Waals surface area contributed by atoms with Gasteiger partial charge in [-0.1, -0.05) is 6.07 Å². The molecule has 0 radical (unpaired) electrons. The molecule has 2 aromatic heterocycles. The van der Waals surface area contributed by atoms with Gasteiger partial charge in [0.2, 0.25) is 0 Å². The molecule has 31 heavy (non-hydrogen) atoms. The lowest BCUT2D eigenvalue weighted by molar-refractivity contribution is 0.122. The number of aromatic nitrogens is 3. The maximum absolute atomic E-state index is 14.8. The van der Waals surface area contributed by atoms with Crippen LogP contribution in [-0.4, -0.2) is 41.3 Å². The molecule has 0 atom stereocenters. The first-order chi connectivity index (χ1) is 15.2. The summed E-state index contributed by atoms with van der Waals surface area (Å²) in [6, 6.07) is 12.0. The number of anilines is 1. The maximum atomic E-state index is 14.8. The first kappa shape index (κ1) is 19.5. The Kier molecular flexibility index (Phi) is 5.26. The summed E-state index contributed by atoms with van der Waals surface area (Å²) in [5.41, 5.74) is 3.70. The van der Waals surface area contributed by atoms with Crippen LogP contribution in [0.5, 0.6) is 0 Å². The van der Waals surface area contributed by atoms with E-state index in [4.69, 9.17) is 4.74 Å². The predicted molar refractivity (Wildman–Crippen MR) is 115 cm³/mol. The third-order valence-electron chi connectivity index (χ3n) is 5.50. The molecule has 156 valence electrons. The molecule has 4 aromatic rings. The number of morpholine rings is 1. The summed E-state index contributed by atoms with van der Waals surface area (Å²) in [5.74, 6) is -1.23. The van der Waals surface area contributed by atoms with Crippen molar-refractivity contribution in [1.82, 2.24) is 15.0 Å². The molecule has 3 heterocycles. The van der Waals surface area contributed by atoms with E-state index < -0.39 is 11.6 Å². The number of benzene rings is 2. The molecule has 1 aliphatic rings. The molecule has 0 unspecified atom stereocenters. The summed E-state index contributed by atoms with van der Waals surface area (Å²) in [4.78, 5) is 15.0. The molecule has 7 heteroatoms. The van der Waals surface area contributed by atoms with Crippen molar-refractivity contribution in [2.24, 2.45) is 0 Å². The van der Waals surface area contributed by atoms with Crippen LogP contribution >= 0.6 is 0 Å². The SMILES string of the molecule is Fc1cc(F)c(-c2ncnc3cc(N4CCOCC4)ccc23)cc1Cc1cccnc1. The van der Waals surface area contributed by atoms with E-state index in [0.29, 0.717) is 36.4 Å². The van der Waals surface area contributed by atoms with Gasteiger partial charge in [-0.25, -0.2) is 18.7 Å². The highest BCUT2D eigenvalue weighted by atomic mass is 19.1. The van der Waals surface area contributed by atoms with Crippen molar-refractivity contribution >= 4 is 16.6 Å². The van der Waals surface area contributed by atoms with Gasteiger partial charge in [0, 0.05) is 54.6 Å². The van der Waals surface area contributed by atoms with Crippen molar-refractivity contribution in [3.8, 4) is 11.3 Å². The average molecular weight is 418 g/mol. The van der Waals surface area contributed by atoms with Gasteiger partial charge in [-0.2, -0.15) is 0 Å². The maximum Gasteiger partial charge on any atom is 0.135 e. The average Bonchev–Trinajstić information content (AvgIpc) is 2.81. The van der Waals surface area contributed by atoms with E-state index in [-0.39, 0.29) is 5.56 Å². The van der Waals surface area contributed by atoms with Crippen LogP contribution < -0.4 is 4.90 Å². The van der Waals surface area contributed by atoms with Crippen LogP contribution in [0.3, 0.4) is 0 Å². The number of ether oxygens (including phenoxy) is 1. The van der Waals surface area contributed by atoms with Crippen LogP contribution in [0, 0.1) is 11.6 Å². The van der Waals surface area contributed by atoms with E-state index in [0.717, 1.165) is 35.8 Å². The molecule has 1 saturated heterocycles. The van der Waals surface area contributed by atoms with Gasteiger partial charge < -0.3 is 9.64 Å². The highest BCUT2D eigenvalue weighted by Gasteiger charge is 2.17. The highest BCUT2D eigenvalue weighted by Crippen LogP contribution is 2.32. The predicted octanol–water partition coefficient (Wildman–Crippen LogP) is 4.40. The molecule has 0 aliphatic carbocycles. The molecule has 0 bridgehead atoms. The molecular formula is C24H20F2N4O. The Hall–Kier alpha value is -3.45. The summed E-state index contributed by atoms with van der Waals surface area (Å²) in [5, 5.41) is 0.720. The molecule has 0 N–H and O–H groups in total. The Bertz CT molecular complexity index is 1230. The Morgan fingerprint density at radius 3 is 2.65 bits per heavy atom. The first-order valence-corrected chi connectivity index (χ1v) is 10.1. The van der Waals surface area contributed by atoms with Crippen molar-refractivity contribution in [2.75, 3.05) is 31.2 Å². The summed E-state index contributed by atoms with van der Waals surface area (Å²) in [6.07, 6.45) is 5.07. The van der Waals surface area contributed by atoms with Crippen LogP contribution in [0.1, 0.15) is 11.1 Å². The number of fused-ring (bicyclic) bond motifs is 1. The number of nitrogens with zero attached hydrogens (tertiary/aromatic N) is 4. The van der Waals surface area contributed by atoms with Crippen molar-refractivity contribution in [3.05, 3.63) is 83.9 Å². The lowest BCUT2D eigenvalue weighted by Crippen LogP contribution is -2.36. The molecule has 0 amide bonds. The summed E-state index contributed by atoms with van der Waals surface area (Å²) in [7, 11) is 0. The minimum absolute atomic E-state index is 0.256. The molecule has 0 spiro atoms. The molecule has 1 aliphatic heterocycles. The normalized spacial score (nSPS) is 14.2. The summed E-state index contributed by atoms with van der Waals surface area (Å²) >= 11 is 0. The number of rotatable bonds is 4. The van der Waals surface area contributed by atoms with Crippen molar-refractivity contribution < 1.29 is 13.5 Å². The van der Waals surface area contributed by atoms with Crippen molar-refractivity contribution in [2.45, 2.75) is 6.42 Å². The Balaban J connectivity index is 1.56. The topological polar surface area (TPSA) is 51.1 Å². The lowest BCUT2D eigenvalue weighted by Gasteiger charge is -2.29. The second-order valence-electron chi connectivity index (χ2n) is 7.48. The number of hydrogen-bond acceptors (Lipinski definition) is 5. The number of pyridine rings is 1. The molecule has 5 nitrogen and oxygen atoms in total. The standard InChI is InChI=1S/C24H20F2N4O/c25-21-13-22(26)20(11-17(21)10-16-2-1-5-27-14-16)24-19-4-3-18(12-23(19)28-15-29-24)30-6-8-31-9-7-30/h1-5,11-15H,6-10H2. The van der Waals surface area contributed by atoms with Gasteiger partial charge in [0.05, 0.1) is 24.4 Å². The van der Waals surface area contributed by atoms with Gasteiger partial charge in [-0.05, 0) is 41.5 Å². The second-order valence-corrected chi connectivity index (χ2v) is 7.48. The minimum Gasteiger partial charge on any atom is -0.378 e. The van der Waals surface area contributed by atoms with E-state index in [1.54, 1.807) is 18.5 Å². The fourth-order valence-corrected chi connectivity index (χ4v) is 3.91. The van der Waals surface area contributed by atoms with Crippen LogP contribution in [0.4, 0.5) is 14.5 Å². The van der Waals surface area contributed by atoms with Gasteiger partial charge in [-0.3, -0.25) is 4.98 Å². The smallest absolute Gasteiger partial charge is 0.135 e. The van der Waals surface area contributed by atoms with Crippen LogP contribution in [-0.2, 0) is 11.2 Å². The highest BCUT2D eigenvalue weighted by molar-refractivity contribution is 5.94. The van der Waals surface area contributed by atoms with E-state index >= 15 is 0 Å². The number of hydrogen-bond donors (Lipinski definition) is 0. The Morgan fingerprint density at radius 1 is 0.968 bits per heavy atom. The van der Waals surface area contributed by atoms with E-state index in [1.165, 1.54) is 12.4 Å². The Morgan fingerprint density at radius 2 is 1.84 bits per heavy atom. The molecular weight excluding hydrogens is 398 g/mol. The fraction of sp³-hybridized carbons (Fsp3) is 0.208. The molecule has 5 rings (SSSR count). The summed E-state index contributed by atoms with van der Waals surface area (Å²) < 4.78 is 34.7. The van der Waals surface area contributed by atoms with Gasteiger partial charge in [0.1, 0.15) is 18.0 Å². The second kappa shape index (κ2) is 8.35. The van der Waals surface area contributed by atoms with Gasteiger partial charge >= 0.3 is 0 Å². The fourth-order valence-electron chi connectivity index (χ4n) is 3.91. The van der Waals surface area contributed by atoms with Gasteiger partial charge in [-0.15, -0.1) is 0 Å².